The lowest BCUT2D eigenvalue weighted by atomic mass is 10.4. The summed E-state index contributed by atoms with van der Waals surface area (Å²) in [6.45, 7) is 2.19. The molecule has 0 aliphatic rings. The molecule has 0 fully saturated rings. The first kappa shape index (κ1) is 10.3. The Kier molecular flexibility index (Phi) is 4.64. The average molecular weight is 197 g/mol. The van der Waals surface area contributed by atoms with E-state index in [1.807, 2.05) is 23.9 Å². The Morgan fingerprint density at radius 1 is 1.62 bits per heavy atom. The highest BCUT2D eigenvalue weighted by Crippen LogP contribution is 2.20. The second kappa shape index (κ2) is 5.83. The molecule has 0 saturated carbocycles. The van der Waals surface area contributed by atoms with Gasteiger partial charge in [0.2, 0.25) is 0 Å². The van der Waals surface area contributed by atoms with E-state index in [-0.39, 0.29) is 0 Å². The van der Waals surface area contributed by atoms with Crippen molar-refractivity contribution >= 4 is 17.6 Å². The Morgan fingerprint density at radius 2 is 2.46 bits per heavy atom. The van der Waals surface area contributed by atoms with Gasteiger partial charge >= 0.3 is 0 Å². The molecule has 0 unspecified atom stereocenters. The summed E-state index contributed by atoms with van der Waals surface area (Å²) >= 11 is 1.84. The molecule has 0 radical (unpaired) electrons. The van der Waals surface area contributed by atoms with Gasteiger partial charge in [-0.25, -0.2) is 10.8 Å². The van der Waals surface area contributed by atoms with Crippen molar-refractivity contribution in [3.05, 3.63) is 18.3 Å². The number of nitrogens with one attached hydrogen (secondary N) is 1. The number of hydrazine groups is 1. The van der Waals surface area contributed by atoms with Gasteiger partial charge in [-0.2, -0.15) is 0 Å². The van der Waals surface area contributed by atoms with Crippen molar-refractivity contribution in [2.45, 2.75) is 24.7 Å². The molecule has 3 nitrogen and oxygen atoms in total. The lowest BCUT2D eigenvalue weighted by Gasteiger charge is -2.02. The van der Waals surface area contributed by atoms with Crippen molar-refractivity contribution in [3.63, 3.8) is 0 Å². The second-order valence-corrected chi connectivity index (χ2v) is 3.89. The maximum Gasteiger partial charge on any atom is 0.140 e. The zero-order valence-electron chi connectivity index (χ0n) is 7.79. The summed E-state index contributed by atoms with van der Waals surface area (Å²) < 4.78 is 0. The van der Waals surface area contributed by atoms with Crippen LogP contribution in [0.5, 0.6) is 0 Å². The van der Waals surface area contributed by atoms with Crippen molar-refractivity contribution < 1.29 is 0 Å². The molecule has 0 saturated heterocycles. The standard InChI is InChI=1S/C9H15N3S/c1-2-3-6-13-8-4-5-11-9(7-8)12-10/h4-5,7H,2-3,6,10H2,1H3,(H,11,12). The summed E-state index contributed by atoms with van der Waals surface area (Å²) in [5.74, 6) is 7.13. The third-order valence-corrected chi connectivity index (χ3v) is 2.73. The first-order valence-electron chi connectivity index (χ1n) is 4.42. The van der Waals surface area contributed by atoms with E-state index in [4.69, 9.17) is 5.84 Å². The lowest BCUT2D eigenvalue weighted by molar-refractivity contribution is 0.896. The van der Waals surface area contributed by atoms with Crippen molar-refractivity contribution in [2.75, 3.05) is 11.2 Å². The number of unbranched alkanes of at least 4 members (excludes halogenated alkanes) is 1. The summed E-state index contributed by atoms with van der Waals surface area (Å²) in [7, 11) is 0. The minimum atomic E-state index is 0.724. The van der Waals surface area contributed by atoms with E-state index in [0.29, 0.717) is 0 Å². The van der Waals surface area contributed by atoms with Crippen LogP contribution in [-0.4, -0.2) is 10.7 Å². The topological polar surface area (TPSA) is 50.9 Å². The van der Waals surface area contributed by atoms with E-state index in [2.05, 4.69) is 17.3 Å². The van der Waals surface area contributed by atoms with Gasteiger partial charge < -0.3 is 5.43 Å². The smallest absolute Gasteiger partial charge is 0.140 e. The molecular weight excluding hydrogens is 182 g/mol. The van der Waals surface area contributed by atoms with Crippen LogP contribution in [0.15, 0.2) is 23.2 Å². The van der Waals surface area contributed by atoms with Crippen LogP contribution in [-0.2, 0) is 0 Å². The number of hydrogen-bond acceptors (Lipinski definition) is 4. The fourth-order valence-electron chi connectivity index (χ4n) is 0.914. The van der Waals surface area contributed by atoms with E-state index in [1.54, 1.807) is 6.20 Å². The minimum Gasteiger partial charge on any atom is -0.308 e. The Balaban J connectivity index is 2.46. The highest BCUT2D eigenvalue weighted by Gasteiger charge is 1.95. The molecule has 0 bridgehead atoms. The normalized spacial score (nSPS) is 10.0. The van der Waals surface area contributed by atoms with E-state index >= 15 is 0 Å². The van der Waals surface area contributed by atoms with Crippen molar-refractivity contribution in [3.8, 4) is 0 Å². The van der Waals surface area contributed by atoms with Crippen LogP contribution in [0.4, 0.5) is 5.82 Å². The van der Waals surface area contributed by atoms with Crippen molar-refractivity contribution in [1.29, 1.82) is 0 Å². The molecular formula is C9H15N3S. The van der Waals surface area contributed by atoms with Crippen LogP contribution < -0.4 is 11.3 Å². The monoisotopic (exact) mass is 197 g/mol. The van der Waals surface area contributed by atoms with Gasteiger partial charge in [0.25, 0.3) is 0 Å². The van der Waals surface area contributed by atoms with E-state index in [0.717, 1.165) is 11.6 Å². The number of aromatic nitrogens is 1. The largest absolute Gasteiger partial charge is 0.308 e. The molecule has 72 valence electrons. The molecule has 0 spiro atoms. The molecule has 1 heterocycles. The molecule has 0 aliphatic heterocycles. The summed E-state index contributed by atoms with van der Waals surface area (Å²) in [5.41, 5.74) is 2.53. The second-order valence-electron chi connectivity index (χ2n) is 2.72. The third-order valence-electron chi connectivity index (χ3n) is 1.65. The van der Waals surface area contributed by atoms with Gasteiger partial charge in [0.05, 0.1) is 0 Å². The lowest BCUT2D eigenvalue weighted by Crippen LogP contribution is -2.07. The van der Waals surface area contributed by atoms with Gasteiger partial charge in [0.1, 0.15) is 5.82 Å². The predicted molar refractivity (Wildman–Crippen MR) is 57.7 cm³/mol. The van der Waals surface area contributed by atoms with Gasteiger partial charge in [0.15, 0.2) is 0 Å². The van der Waals surface area contributed by atoms with E-state index in [1.165, 1.54) is 17.7 Å². The fraction of sp³-hybridized carbons (Fsp3) is 0.444. The molecule has 0 amide bonds. The zero-order chi connectivity index (χ0) is 9.52. The Morgan fingerprint density at radius 3 is 3.15 bits per heavy atom. The molecule has 4 heteroatoms. The van der Waals surface area contributed by atoms with Crippen molar-refractivity contribution in [2.24, 2.45) is 5.84 Å². The van der Waals surface area contributed by atoms with Crippen LogP contribution in [0.3, 0.4) is 0 Å². The highest BCUT2D eigenvalue weighted by atomic mass is 32.2. The van der Waals surface area contributed by atoms with Crippen LogP contribution in [0.2, 0.25) is 0 Å². The minimum absolute atomic E-state index is 0.724. The van der Waals surface area contributed by atoms with Crippen LogP contribution >= 0.6 is 11.8 Å². The molecule has 1 aromatic rings. The van der Waals surface area contributed by atoms with Crippen LogP contribution in [0.1, 0.15) is 19.8 Å². The third kappa shape index (κ3) is 3.65. The first-order valence-corrected chi connectivity index (χ1v) is 5.41. The number of thioether (sulfide) groups is 1. The maximum atomic E-state index is 5.25. The molecule has 13 heavy (non-hydrogen) atoms. The molecule has 0 atom stereocenters. The van der Waals surface area contributed by atoms with E-state index < -0.39 is 0 Å². The molecule has 0 aliphatic carbocycles. The maximum absolute atomic E-state index is 5.25. The van der Waals surface area contributed by atoms with Gasteiger partial charge in [0, 0.05) is 11.1 Å². The first-order chi connectivity index (χ1) is 6.36. The van der Waals surface area contributed by atoms with Crippen LogP contribution in [0, 0.1) is 0 Å². The highest BCUT2D eigenvalue weighted by molar-refractivity contribution is 7.99. The fourth-order valence-corrected chi connectivity index (χ4v) is 1.93. The van der Waals surface area contributed by atoms with Gasteiger partial charge in [-0.1, -0.05) is 13.3 Å². The summed E-state index contributed by atoms with van der Waals surface area (Å²) in [6.07, 6.45) is 4.25. The number of anilines is 1. The van der Waals surface area contributed by atoms with E-state index in [9.17, 15) is 0 Å². The number of pyridine rings is 1. The van der Waals surface area contributed by atoms with Gasteiger partial charge in [-0.3, -0.25) is 0 Å². The number of nitrogens with two attached hydrogens (primary N) is 1. The number of hydrogen-bond donors (Lipinski definition) is 2. The summed E-state index contributed by atoms with van der Waals surface area (Å²) in [5, 5.41) is 0. The van der Waals surface area contributed by atoms with Gasteiger partial charge in [-0.15, -0.1) is 11.8 Å². The number of nitrogens with zero attached hydrogens (tertiary/aromatic N) is 1. The molecule has 3 N–H and O–H groups in total. The summed E-state index contributed by atoms with van der Waals surface area (Å²) in [6, 6.07) is 3.96. The quantitative estimate of drug-likeness (QED) is 0.329. The SMILES string of the molecule is CCCCSc1ccnc(NN)c1. The van der Waals surface area contributed by atoms with Crippen LogP contribution in [0.25, 0.3) is 0 Å². The summed E-state index contributed by atoms with van der Waals surface area (Å²) in [4.78, 5) is 5.26. The Labute approximate surface area is 83.1 Å². The molecule has 1 rings (SSSR count). The average Bonchev–Trinajstić information content (AvgIpc) is 2.19. The van der Waals surface area contributed by atoms with Crippen molar-refractivity contribution in [1.82, 2.24) is 4.98 Å². The predicted octanol–water partition coefficient (Wildman–Crippen LogP) is 2.26. The Bertz CT molecular complexity index is 252. The van der Waals surface area contributed by atoms with Gasteiger partial charge in [-0.05, 0) is 24.3 Å². The molecule has 0 aromatic carbocycles. The number of nitrogen functional groups attached to an aromatic ring is 1. The Hall–Kier alpha value is -0.740. The molecule has 1 aromatic heterocycles. The zero-order valence-corrected chi connectivity index (χ0v) is 8.60. The number of rotatable bonds is 5.